The largest absolute Gasteiger partial charge is 2.00 e. The number of hydrogen-bond donors (Lipinski definition) is 0. The Morgan fingerprint density at radius 1 is 0.525 bits per heavy atom. The van der Waals surface area contributed by atoms with Gasteiger partial charge in [-0.2, -0.15) is 0 Å². The van der Waals surface area contributed by atoms with Crippen molar-refractivity contribution >= 4 is 44.2 Å². The minimum atomic E-state index is -1.56. The van der Waals surface area contributed by atoms with E-state index >= 15 is 0 Å². The molecule has 341 valence electrons. The fourth-order valence-electron chi connectivity index (χ4n) is 8.96. The van der Waals surface area contributed by atoms with Gasteiger partial charge in [0.1, 0.15) is 0 Å². The molecule has 0 fully saturated rings. The van der Waals surface area contributed by atoms with Crippen LogP contribution in [0.25, 0.3) is 10.7 Å². The van der Waals surface area contributed by atoms with Crippen molar-refractivity contribution in [2.24, 2.45) is 10.8 Å². The Morgan fingerprint density at radius 2 is 0.797 bits per heavy atom. The van der Waals surface area contributed by atoms with Crippen LogP contribution in [-0.2, 0) is 32.4 Å². The molecule has 59 heavy (non-hydrogen) atoms. The molecule has 0 N–H and O–H groups in total. The zero-order chi connectivity index (χ0) is 46.4. The molecule has 3 nitrogen and oxygen atoms in total. The minimum absolute atomic E-state index is 0. The summed E-state index contributed by atoms with van der Waals surface area (Å²) in [5, 5.41) is 15.0. The Kier molecular flexibility index (Phi) is 19.3. The van der Waals surface area contributed by atoms with Crippen molar-refractivity contribution in [2.45, 2.75) is 224 Å². The molecule has 1 aromatic carbocycles. The quantitative estimate of drug-likeness (QED) is 0.202. The Morgan fingerprint density at radius 3 is 1.02 bits per heavy atom. The van der Waals surface area contributed by atoms with Crippen molar-refractivity contribution < 1.29 is 26.7 Å². The third-order valence-corrected chi connectivity index (χ3v) is 33.1. The number of hydrogen-bond acceptors (Lipinski definition) is 2. The molecule has 0 heterocycles. The number of allylic oxidation sites excluding steroid dienone is 5. The van der Waals surface area contributed by atoms with Crippen LogP contribution in [0.1, 0.15) is 183 Å². The predicted molar refractivity (Wildman–Crippen MR) is 275 cm³/mol. The van der Waals surface area contributed by atoms with E-state index in [0.29, 0.717) is 20.6 Å². The molecule has 0 saturated carbocycles. The van der Waals surface area contributed by atoms with E-state index in [4.69, 9.17) is 4.65 Å². The maximum Gasteiger partial charge on any atom is 2.00 e. The zero-order valence-corrected chi connectivity index (χ0v) is 48.9. The average molecular weight is 931 g/mol. The van der Waals surface area contributed by atoms with E-state index in [1.165, 1.54) is 11.6 Å². The third kappa shape index (κ3) is 18.0. The van der Waals surface area contributed by atoms with Gasteiger partial charge in [-0.3, -0.25) is 4.79 Å². The number of ketones is 1. The van der Waals surface area contributed by atoms with Crippen LogP contribution in [0.3, 0.4) is 0 Å². The van der Waals surface area contributed by atoms with E-state index in [0.717, 1.165) is 33.4 Å². The van der Waals surface area contributed by atoms with Gasteiger partial charge in [-0.1, -0.05) is 121 Å². The molecule has 0 aliphatic heterocycles. The number of Topliss-reactive ketones (excluding diaryl/α,β-unsaturated/α-hetero) is 1. The van der Waals surface area contributed by atoms with Crippen LogP contribution in [0.4, 0.5) is 0 Å². The molecular formula is C51H95CoNO2P2Si2+2. The summed E-state index contributed by atoms with van der Waals surface area (Å²) in [6, 6.07) is 4.05. The molecule has 0 unspecified atom stereocenters. The fourth-order valence-corrected chi connectivity index (χ4v) is 37.5. The molecule has 1 aromatic rings. The maximum absolute atomic E-state index is 13.2. The van der Waals surface area contributed by atoms with Crippen molar-refractivity contribution in [1.82, 2.24) is 0 Å². The van der Waals surface area contributed by atoms with Crippen molar-refractivity contribution in [3.05, 3.63) is 62.3 Å². The number of benzene rings is 1. The van der Waals surface area contributed by atoms with E-state index in [9.17, 15) is 9.90 Å². The summed E-state index contributed by atoms with van der Waals surface area (Å²) < 4.78 is 5.80. The molecule has 2 rings (SSSR count). The summed E-state index contributed by atoms with van der Waals surface area (Å²) in [5.41, 5.74) is 4.37. The molecule has 1 aliphatic rings. The summed E-state index contributed by atoms with van der Waals surface area (Å²) in [6.45, 7) is 64.9. The van der Waals surface area contributed by atoms with Crippen LogP contribution < -0.4 is 5.11 Å². The summed E-state index contributed by atoms with van der Waals surface area (Å²) in [4.78, 5) is 13.2. The number of carbonyl (C=O) groups excluding carboxylic acids is 1. The molecule has 1 radical (unpaired) electrons. The van der Waals surface area contributed by atoms with Crippen LogP contribution in [0.5, 0.6) is 5.75 Å². The van der Waals surface area contributed by atoms with Crippen LogP contribution in [-0.4, -0.2) is 54.4 Å². The molecule has 0 atom stereocenters. The van der Waals surface area contributed by atoms with Crippen molar-refractivity contribution in [2.75, 3.05) is 11.6 Å². The van der Waals surface area contributed by atoms with Gasteiger partial charge < -0.3 is 9.75 Å². The number of nitrogens with zero attached hydrogens (tertiary/aromatic N) is 1. The summed E-state index contributed by atoms with van der Waals surface area (Å²) in [5.74, 6) is 3.12. The van der Waals surface area contributed by atoms with E-state index < -0.39 is 32.3 Å². The van der Waals surface area contributed by atoms with Gasteiger partial charge in [0.2, 0.25) is 0 Å². The van der Waals surface area contributed by atoms with Crippen molar-refractivity contribution in [3.8, 4) is 5.75 Å². The van der Waals surface area contributed by atoms with Crippen LogP contribution >= 0.6 is 15.8 Å². The molecule has 0 spiro atoms. The van der Waals surface area contributed by atoms with Gasteiger partial charge in [0.15, 0.2) is 5.78 Å². The van der Waals surface area contributed by atoms with Crippen LogP contribution in [0, 0.1) is 10.8 Å². The Bertz CT molecular complexity index is 1550. The Hall–Kier alpha value is -0.330. The Balaban J connectivity index is 0.00000113. The predicted octanol–water partition coefficient (Wildman–Crippen LogP) is 15.7. The monoisotopic (exact) mass is 931 g/mol. The Labute approximate surface area is 383 Å². The fraction of sp³-hybridized carbons (Fsp3) is 0.745. The van der Waals surface area contributed by atoms with E-state index in [1.807, 2.05) is 24.3 Å². The first kappa shape index (κ1) is 58.7. The van der Waals surface area contributed by atoms with Gasteiger partial charge in [0, 0.05) is 38.6 Å². The first-order chi connectivity index (χ1) is 25.1. The molecule has 1 aliphatic carbocycles. The van der Waals surface area contributed by atoms with Gasteiger partial charge in [-0.25, -0.2) is 0 Å². The second-order valence-electron chi connectivity index (χ2n) is 27.1. The topological polar surface area (TPSA) is 54.2 Å². The van der Waals surface area contributed by atoms with Crippen LogP contribution in [0.2, 0.25) is 26.2 Å². The molecule has 0 aromatic heterocycles. The van der Waals surface area contributed by atoms with Gasteiger partial charge in [-0.05, 0) is 162 Å². The smallest absolute Gasteiger partial charge is 0.872 e. The first-order valence-corrected chi connectivity index (χ1v) is 31.9. The summed E-state index contributed by atoms with van der Waals surface area (Å²) >= 11 is 0. The number of rotatable bonds is 7. The standard InChI is InChI=1S/C29H42O2.C22H52NP2Si2.Co/c1-26(2,3)20-14-18(15-21(24(20)30)27(4,5)6)13-19-16-22(28(7,8)9)25(31)23(17-19)29(10,11)12;1-19(2,3)24(20(4,5)6)17-26(13,14)23-27(15,16)18-25(21(7,8)9)22(10,11)12;/h13-17,30H,1-12H3;17-18H2,1-16H3;/q;-1;+2/p+1. The normalized spacial score (nSPS) is 15.8. The van der Waals surface area contributed by atoms with Crippen molar-refractivity contribution in [1.29, 1.82) is 0 Å². The second kappa shape index (κ2) is 19.4. The minimum Gasteiger partial charge on any atom is -0.872 e. The maximum atomic E-state index is 13.2. The molecule has 0 bridgehead atoms. The molecule has 8 heteroatoms. The SMILES string of the molecule is CC(C)(C)C1=CC(=Cc2cc(C(C)(C)C)c([O-])c(C(C)(C)C)c2)C=C(C(C)(C)C)C1=O.CC(C)(C)[PH+](C[Si](C)(C)[N-][Si](C)(C)C[PH+](C(C)(C)C)C(C)(C)C)C(C)(C)C.[Co+2]. The first-order valence-electron chi connectivity index (χ1n) is 22.2. The molecule has 0 amide bonds. The zero-order valence-electron chi connectivity index (χ0n) is 43.9. The van der Waals surface area contributed by atoms with Gasteiger partial charge in [0.05, 0.1) is 20.6 Å². The second-order valence-corrected chi connectivity index (χ2v) is 46.0. The van der Waals surface area contributed by atoms with Gasteiger partial charge in [-0.15, -0.1) is 5.75 Å². The summed E-state index contributed by atoms with van der Waals surface area (Å²) in [7, 11) is -4.10. The van der Waals surface area contributed by atoms with Crippen molar-refractivity contribution in [3.63, 3.8) is 0 Å². The molecule has 0 saturated heterocycles. The van der Waals surface area contributed by atoms with E-state index in [-0.39, 0.29) is 50.0 Å². The van der Waals surface area contributed by atoms with E-state index in [2.05, 4.69) is 198 Å². The van der Waals surface area contributed by atoms with Gasteiger partial charge in [0.25, 0.3) is 0 Å². The van der Waals surface area contributed by atoms with Gasteiger partial charge >= 0.3 is 16.8 Å². The van der Waals surface area contributed by atoms with Crippen LogP contribution in [0.15, 0.2) is 41.0 Å². The number of carbonyl (C=O) groups is 1. The third-order valence-electron chi connectivity index (χ3n) is 11.2. The average Bonchev–Trinajstić information content (AvgIpc) is 2.91. The summed E-state index contributed by atoms with van der Waals surface area (Å²) in [6.07, 6.45) is 6.17. The van der Waals surface area contributed by atoms with E-state index in [1.54, 1.807) is 0 Å². The molecular weight excluding hydrogens is 836 g/mol.